The molecule has 3 heteroatoms. The van der Waals surface area contributed by atoms with Gasteiger partial charge in [-0.2, -0.15) is 4.37 Å². The third-order valence-corrected chi connectivity index (χ3v) is 3.27. The van der Waals surface area contributed by atoms with Crippen molar-refractivity contribution in [1.29, 1.82) is 0 Å². The monoisotopic (exact) mass is 181 g/mol. The molecule has 1 aliphatic carbocycles. The van der Waals surface area contributed by atoms with Gasteiger partial charge in [0.25, 0.3) is 0 Å². The average Bonchev–Trinajstić information content (AvgIpc) is 2.75. The van der Waals surface area contributed by atoms with Gasteiger partial charge in [-0.3, -0.25) is 4.79 Å². The lowest BCUT2D eigenvalue weighted by Crippen LogP contribution is -1.93. The fraction of sp³-hybridized carbons (Fsp3) is 0.556. The fourth-order valence-electron chi connectivity index (χ4n) is 1.48. The molecule has 0 N–H and O–H groups in total. The Hall–Kier alpha value is -0.700. The van der Waals surface area contributed by atoms with Crippen LogP contribution in [0.15, 0.2) is 0 Å². The molecule has 1 fully saturated rings. The Labute approximate surface area is 75.8 Å². The minimum Gasteiger partial charge on any atom is -0.294 e. The molecule has 0 bridgehead atoms. The molecule has 2 rings (SSSR count). The minimum atomic E-state index is 0.169. The highest BCUT2D eigenvalue weighted by atomic mass is 32.1. The summed E-state index contributed by atoms with van der Waals surface area (Å²) in [5, 5.41) is 0. The van der Waals surface area contributed by atoms with Gasteiger partial charge in [-0.05, 0) is 42.8 Å². The number of Topliss-reactive ketones (excluding diaryl/α,β-unsaturated/α-hetero) is 1. The van der Waals surface area contributed by atoms with Gasteiger partial charge >= 0.3 is 0 Å². The summed E-state index contributed by atoms with van der Waals surface area (Å²) in [6.45, 7) is 3.62. The molecule has 1 aliphatic rings. The summed E-state index contributed by atoms with van der Waals surface area (Å²) in [6, 6.07) is 0. The summed E-state index contributed by atoms with van der Waals surface area (Å²) in [4.78, 5) is 12.1. The van der Waals surface area contributed by atoms with E-state index in [9.17, 15) is 4.79 Å². The van der Waals surface area contributed by atoms with Crippen molar-refractivity contribution in [3.05, 3.63) is 16.1 Å². The summed E-state index contributed by atoms with van der Waals surface area (Å²) in [6.07, 6.45) is 2.47. The molecule has 0 aromatic carbocycles. The van der Waals surface area contributed by atoms with Crippen LogP contribution in [-0.2, 0) is 0 Å². The van der Waals surface area contributed by atoms with Crippen LogP contribution in [0.25, 0.3) is 0 Å². The number of aryl methyl sites for hydroxylation is 1. The predicted molar refractivity (Wildman–Crippen MR) is 48.8 cm³/mol. The minimum absolute atomic E-state index is 0.169. The van der Waals surface area contributed by atoms with Crippen molar-refractivity contribution in [2.24, 2.45) is 0 Å². The first kappa shape index (κ1) is 7.92. The van der Waals surface area contributed by atoms with Crippen LogP contribution in [0.1, 0.15) is 46.6 Å². The molecule has 2 nitrogen and oxygen atoms in total. The van der Waals surface area contributed by atoms with E-state index in [4.69, 9.17) is 0 Å². The van der Waals surface area contributed by atoms with Crippen LogP contribution in [0, 0.1) is 6.92 Å². The van der Waals surface area contributed by atoms with Crippen LogP contribution >= 0.6 is 11.5 Å². The van der Waals surface area contributed by atoms with Gasteiger partial charge in [0.1, 0.15) is 0 Å². The maximum Gasteiger partial charge on any atom is 0.171 e. The van der Waals surface area contributed by atoms with Crippen molar-refractivity contribution in [1.82, 2.24) is 4.37 Å². The Kier molecular flexibility index (Phi) is 1.76. The zero-order chi connectivity index (χ0) is 8.72. The molecule has 0 amide bonds. The number of carbonyl (C=O) groups is 1. The Balaban J connectivity index is 2.46. The molecular weight excluding hydrogens is 170 g/mol. The standard InChI is InChI=1S/C9H11NOS/c1-5-8(7-3-4-7)9(6(2)11)12-10-5/h7H,3-4H2,1-2H3. The summed E-state index contributed by atoms with van der Waals surface area (Å²) in [5.41, 5.74) is 2.29. The van der Waals surface area contributed by atoms with Crippen molar-refractivity contribution in [2.75, 3.05) is 0 Å². The van der Waals surface area contributed by atoms with Gasteiger partial charge in [-0.15, -0.1) is 0 Å². The van der Waals surface area contributed by atoms with E-state index in [0.717, 1.165) is 10.6 Å². The third kappa shape index (κ3) is 1.18. The van der Waals surface area contributed by atoms with Gasteiger partial charge in [0.15, 0.2) is 5.78 Å². The van der Waals surface area contributed by atoms with E-state index >= 15 is 0 Å². The summed E-state index contributed by atoms with van der Waals surface area (Å²) in [7, 11) is 0. The van der Waals surface area contributed by atoms with Gasteiger partial charge in [-0.1, -0.05) is 0 Å². The first-order valence-corrected chi connectivity index (χ1v) is 4.94. The molecular formula is C9H11NOS. The van der Waals surface area contributed by atoms with Crippen molar-refractivity contribution >= 4 is 17.3 Å². The molecule has 0 aliphatic heterocycles. The molecule has 0 atom stereocenters. The Bertz CT molecular complexity index is 325. The Morgan fingerprint density at radius 2 is 2.25 bits per heavy atom. The van der Waals surface area contributed by atoms with Crippen molar-refractivity contribution in [2.45, 2.75) is 32.6 Å². The SMILES string of the molecule is CC(=O)c1snc(C)c1C1CC1. The first-order chi connectivity index (χ1) is 5.70. The van der Waals surface area contributed by atoms with Gasteiger partial charge in [-0.25, -0.2) is 0 Å². The summed E-state index contributed by atoms with van der Waals surface area (Å²) in [5.74, 6) is 0.810. The van der Waals surface area contributed by atoms with E-state index in [1.807, 2.05) is 6.92 Å². The smallest absolute Gasteiger partial charge is 0.171 e. The van der Waals surface area contributed by atoms with Crippen LogP contribution in [0.5, 0.6) is 0 Å². The molecule has 1 aromatic heterocycles. The highest BCUT2D eigenvalue weighted by molar-refractivity contribution is 7.08. The van der Waals surface area contributed by atoms with Gasteiger partial charge in [0, 0.05) is 6.92 Å². The summed E-state index contributed by atoms with van der Waals surface area (Å²) >= 11 is 1.35. The highest BCUT2D eigenvalue weighted by Gasteiger charge is 2.30. The number of ketones is 1. The van der Waals surface area contributed by atoms with Crippen LogP contribution in [-0.4, -0.2) is 10.2 Å². The molecule has 1 aromatic rings. The maximum absolute atomic E-state index is 11.2. The fourth-order valence-corrected chi connectivity index (χ4v) is 2.35. The van der Waals surface area contributed by atoms with Gasteiger partial charge in [0.2, 0.25) is 0 Å². The molecule has 0 spiro atoms. The molecule has 12 heavy (non-hydrogen) atoms. The Morgan fingerprint density at radius 1 is 1.58 bits per heavy atom. The van der Waals surface area contributed by atoms with Crippen LogP contribution in [0.4, 0.5) is 0 Å². The third-order valence-electron chi connectivity index (χ3n) is 2.21. The largest absolute Gasteiger partial charge is 0.294 e. The topological polar surface area (TPSA) is 30.0 Å². The number of carbonyl (C=O) groups excluding carboxylic acids is 1. The van der Waals surface area contributed by atoms with E-state index in [2.05, 4.69) is 4.37 Å². The predicted octanol–water partition coefficient (Wildman–Crippen LogP) is 2.53. The second-order valence-corrected chi connectivity index (χ2v) is 4.11. The normalized spacial score (nSPS) is 16.5. The second-order valence-electron chi connectivity index (χ2n) is 3.34. The molecule has 0 radical (unpaired) electrons. The van der Waals surface area contributed by atoms with Crippen molar-refractivity contribution in [3.63, 3.8) is 0 Å². The van der Waals surface area contributed by atoms with Crippen molar-refractivity contribution in [3.8, 4) is 0 Å². The van der Waals surface area contributed by atoms with Crippen LogP contribution in [0.3, 0.4) is 0 Å². The summed E-state index contributed by atoms with van der Waals surface area (Å²) < 4.78 is 4.22. The number of nitrogens with zero attached hydrogens (tertiary/aromatic N) is 1. The lowest BCUT2D eigenvalue weighted by atomic mass is 10.1. The average molecular weight is 181 g/mol. The molecule has 64 valence electrons. The van der Waals surface area contributed by atoms with E-state index in [1.165, 1.54) is 29.9 Å². The van der Waals surface area contributed by atoms with Gasteiger partial charge < -0.3 is 0 Å². The quantitative estimate of drug-likeness (QED) is 0.656. The second kappa shape index (κ2) is 2.66. The van der Waals surface area contributed by atoms with Gasteiger partial charge in [0.05, 0.1) is 10.6 Å². The molecule has 1 saturated carbocycles. The molecule has 1 heterocycles. The van der Waals surface area contributed by atoms with E-state index in [0.29, 0.717) is 5.92 Å². The molecule has 0 saturated heterocycles. The highest BCUT2D eigenvalue weighted by Crippen LogP contribution is 2.44. The van der Waals surface area contributed by atoms with E-state index in [-0.39, 0.29) is 5.78 Å². The van der Waals surface area contributed by atoms with Crippen molar-refractivity contribution < 1.29 is 4.79 Å². The number of aromatic nitrogens is 1. The number of hydrogen-bond acceptors (Lipinski definition) is 3. The maximum atomic E-state index is 11.2. The van der Waals surface area contributed by atoms with Crippen LogP contribution in [0.2, 0.25) is 0 Å². The zero-order valence-corrected chi connectivity index (χ0v) is 8.07. The van der Waals surface area contributed by atoms with E-state index < -0.39 is 0 Å². The number of hydrogen-bond donors (Lipinski definition) is 0. The lowest BCUT2D eigenvalue weighted by Gasteiger charge is -1.96. The van der Waals surface area contributed by atoms with Crippen LogP contribution < -0.4 is 0 Å². The van der Waals surface area contributed by atoms with E-state index in [1.54, 1.807) is 6.92 Å². The molecule has 0 unspecified atom stereocenters. The lowest BCUT2D eigenvalue weighted by molar-refractivity contribution is 0.102. The Morgan fingerprint density at radius 3 is 2.75 bits per heavy atom. The zero-order valence-electron chi connectivity index (χ0n) is 7.26. The number of rotatable bonds is 2. The first-order valence-electron chi connectivity index (χ1n) is 4.17.